The molecule has 0 atom stereocenters. The van der Waals surface area contributed by atoms with Gasteiger partial charge >= 0.3 is 0 Å². The number of nitro groups is 1. The van der Waals surface area contributed by atoms with E-state index in [1.165, 1.54) is 6.07 Å². The van der Waals surface area contributed by atoms with Gasteiger partial charge in [0.25, 0.3) is 5.69 Å². The van der Waals surface area contributed by atoms with Crippen molar-refractivity contribution in [1.29, 1.82) is 0 Å². The lowest BCUT2D eigenvalue weighted by molar-refractivity contribution is -0.384. The second-order valence-corrected chi connectivity index (χ2v) is 4.95. The standard InChI is InChI=1S/C11H7ClIN3O2/c1-6-9(13)10(12)15-11(14-6)7-4-2-3-5-8(7)16(17)18/h2-5H,1H3. The first-order chi connectivity index (χ1) is 8.50. The molecular formula is C11H7ClIN3O2. The van der Waals surface area contributed by atoms with Gasteiger partial charge in [-0.3, -0.25) is 10.1 Å². The number of aromatic nitrogens is 2. The van der Waals surface area contributed by atoms with Crippen LogP contribution in [0.2, 0.25) is 5.15 Å². The molecule has 2 rings (SSSR count). The lowest BCUT2D eigenvalue weighted by Crippen LogP contribution is -1.99. The molecule has 0 N–H and O–H groups in total. The second-order valence-electron chi connectivity index (χ2n) is 3.51. The minimum atomic E-state index is -0.458. The van der Waals surface area contributed by atoms with Gasteiger partial charge in [-0.15, -0.1) is 0 Å². The van der Waals surface area contributed by atoms with Gasteiger partial charge in [-0.2, -0.15) is 0 Å². The molecule has 0 aliphatic heterocycles. The minimum Gasteiger partial charge on any atom is -0.258 e. The third kappa shape index (κ3) is 2.44. The van der Waals surface area contributed by atoms with E-state index in [9.17, 15) is 10.1 Å². The number of nitrogens with zero attached hydrogens (tertiary/aromatic N) is 3. The van der Waals surface area contributed by atoms with Crippen LogP contribution >= 0.6 is 34.2 Å². The fourth-order valence-electron chi connectivity index (χ4n) is 1.47. The average Bonchev–Trinajstić information content (AvgIpc) is 2.35. The first-order valence-corrected chi connectivity index (χ1v) is 6.40. The largest absolute Gasteiger partial charge is 0.280 e. The van der Waals surface area contributed by atoms with Crippen molar-refractivity contribution in [2.45, 2.75) is 6.92 Å². The highest BCUT2D eigenvalue weighted by atomic mass is 127. The Morgan fingerprint density at radius 3 is 2.61 bits per heavy atom. The molecule has 0 aliphatic carbocycles. The van der Waals surface area contributed by atoms with Crippen molar-refractivity contribution in [3.8, 4) is 11.4 Å². The van der Waals surface area contributed by atoms with Crippen molar-refractivity contribution in [1.82, 2.24) is 9.97 Å². The topological polar surface area (TPSA) is 68.9 Å². The Balaban J connectivity index is 2.66. The van der Waals surface area contributed by atoms with Gasteiger partial charge in [0.15, 0.2) is 5.82 Å². The maximum absolute atomic E-state index is 10.9. The molecule has 0 saturated carbocycles. The van der Waals surface area contributed by atoms with E-state index < -0.39 is 4.92 Å². The number of aryl methyl sites for hydroxylation is 1. The van der Waals surface area contributed by atoms with Crippen LogP contribution in [0.25, 0.3) is 11.4 Å². The van der Waals surface area contributed by atoms with Crippen molar-refractivity contribution in [2.24, 2.45) is 0 Å². The minimum absolute atomic E-state index is 0.0332. The molecule has 7 heteroatoms. The summed E-state index contributed by atoms with van der Waals surface area (Å²) in [5, 5.41) is 11.2. The van der Waals surface area contributed by atoms with Crippen molar-refractivity contribution >= 4 is 39.9 Å². The fourth-order valence-corrected chi connectivity index (χ4v) is 1.92. The molecule has 5 nitrogen and oxygen atoms in total. The highest BCUT2D eigenvalue weighted by Crippen LogP contribution is 2.29. The number of benzene rings is 1. The number of hydrogen-bond acceptors (Lipinski definition) is 4. The zero-order chi connectivity index (χ0) is 13.3. The monoisotopic (exact) mass is 375 g/mol. The van der Waals surface area contributed by atoms with Crippen molar-refractivity contribution in [3.05, 3.63) is 48.8 Å². The van der Waals surface area contributed by atoms with Crippen molar-refractivity contribution in [3.63, 3.8) is 0 Å². The Hall–Kier alpha value is -1.28. The number of rotatable bonds is 2. The second kappa shape index (κ2) is 5.15. The van der Waals surface area contributed by atoms with E-state index in [0.29, 0.717) is 16.4 Å². The molecule has 0 amide bonds. The summed E-state index contributed by atoms with van der Waals surface area (Å²) in [6, 6.07) is 6.33. The summed E-state index contributed by atoms with van der Waals surface area (Å²) < 4.78 is 0.747. The molecule has 1 aromatic heterocycles. The smallest absolute Gasteiger partial charge is 0.258 e. The van der Waals surface area contributed by atoms with E-state index in [4.69, 9.17) is 11.6 Å². The Kier molecular flexibility index (Phi) is 3.76. The van der Waals surface area contributed by atoms with Gasteiger partial charge in [0.1, 0.15) is 5.15 Å². The molecule has 18 heavy (non-hydrogen) atoms. The molecule has 0 bridgehead atoms. The lowest BCUT2D eigenvalue weighted by atomic mass is 10.1. The summed E-state index contributed by atoms with van der Waals surface area (Å²) in [6.07, 6.45) is 0. The van der Waals surface area contributed by atoms with E-state index >= 15 is 0 Å². The summed E-state index contributed by atoms with van der Waals surface area (Å²) in [7, 11) is 0. The van der Waals surface area contributed by atoms with E-state index in [-0.39, 0.29) is 11.5 Å². The van der Waals surface area contributed by atoms with Crippen LogP contribution in [0.4, 0.5) is 5.69 Å². The summed E-state index contributed by atoms with van der Waals surface area (Å²) >= 11 is 8.01. The zero-order valence-corrected chi connectivity index (χ0v) is 12.1. The molecular weight excluding hydrogens is 368 g/mol. The van der Waals surface area contributed by atoms with Gasteiger partial charge in [-0.25, -0.2) is 9.97 Å². The number of nitro benzene ring substituents is 1. The van der Waals surface area contributed by atoms with Crippen LogP contribution in [-0.2, 0) is 0 Å². The zero-order valence-electron chi connectivity index (χ0n) is 9.22. The predicted molar refractivity (Wildman–Crippen MR) is 76.6 cm³/mol. The van der Waals surface area contributed by atoms with Crippen LogP contribution in [0.3, 0.4) is 0 Å². The molecule has 2 aromatic rings. The average molecular weight is 376 g/mol. The van der Waals surface area contributed by atoms with E-state index in [2.05, 4.69) is 9.97 Å². The normalized spacial score (nSPS) is 10.4. The Morgan fingerprint density at radius 1 is 1.33 bits per heavy atom. The Morgan fingerprint density at radius 2 is 2.00 bits per heavy atom. The quantitative estimate of drug-likeness (QED) is 0.348. The Labute approximate surface area is 122 Å². The summed E-state index contributed by atoms with van der Waals surface area (Å²) in [4.78, 5) is 18.8. The molecule has 1 heterocycles. The number of para-hydroxylation sites is 1. The molecule has 1 aromatic carbocycles. The maximum Gasteiger partial charge on any atom is 0.280 e. The van der Waals surface area contributed by atoms with Crippen LogP contribution < -0.4 is 0 Å². The van der Waals surface area contributed by atoms with Crippen LogP contribution in [-0.4, -0.2) is 14.9 Å². The lowest BCUT2D eigenvalue weighted by Gasteiger charge is -2.05. The molecule has 0 spiro atoms. The molecule has 0 fully saturated rings. The van der Waals surface area contributed by atoms with Gasteiger partial charge in [0, 0.05) is 6.07 Å². The third-order valence-corrected chi connectivity index (χ3v) is 4.20. The number of hydrogen-bond donors (Lipinski definition) is 0. The summed E-state index contributed by atoms with van der Waals surface area (Å²) in [5.41, 5.74) is 1.03. The van der Waals surface area contributed by atoms with Gasteiger partial charge in [0.2, 0.25) is 0 Å². The van der Waals surface area contributed by atoms with Gasteiger partial charge in [-0.1, -0.05) is 23.7 Å². The van der Waals surface area contributed by atoms with Crippen LogP contribution in [0.1, 0.15) is 5.69 Å². The van der Waals surface area contributed by atoms with Gasteiger partial charge < -0.3 is 0 Å². The SMILES string of the molecule is Cc1nc(-c2ccccc2[N+](=O)[O-])nc(Cl)c1I. The summed E-state index contributed by atoms with van der Waals surface area (Å²) in [6.45, 7) is 1.79. The molecule has 0 unspecified atom stereocenters. The maximum atomic E-state index is 10.9. The predicted octanol–water partition coefficient (Wildman–Crippen LogP) is 3.62. The third-order valence-electron chi connectivity index (χ3n) is 2.32. The van der Waals surface area contributed by atoms with Gasteiger partial charge in [-0.05, 0) is 35.6 Å². The highest BCUT2D eigenvalue weighted by molar-refractivity contribution is 14.1. The Bertz CT molecular complexity index is 610. The number of halogens is 2. The molecule has 0 aliphatic rings. The van der Waals surface area contributed by atoms with E-state index in [1.807, 2.05) is 22.6 Å². The summed E-state index contributed by atoms with van der Waals surface area (Å²) in [5.74, 6) is 0.269. The highest BCUT2D eigenvalue weighted by Gasteiger charge is 2.18. The molecule has 0 saturated heterocycles. The van der Waals surface area contributed by atoms with E-state index in [0.717, 1.165) is 3.57 Å². The van der Waals surface area contributed by atoms with E-state index in [1.54, 1.807) is 25.1 Å². The van der Waals surface area contributed by atoms with Crippen molar-refractivity contribution in [2.75, 3.05) is 0 Å². The van der Waals surface area contributed by atoms with Gasteiger partial charge in [0.05, 0.1) is 19.8 Å². The first kappa shape index (κ1) is 13.2. The first-order valence-electron chi connectivity index (χ1n) is 4.94. The fraction of sp³-hybridized carbons (Fsp3) is 0.0909. The van der Waals surface area contributed by atoms with Crippen LogP contribution in [0.5, 0.6) is 0 Å². The van der Waals surface area contributed by atoms with Crippen LogP contribution in [0, 0.1) is 20.6 Å². The molecule has 92 valence electrons. The molecule has 0 radical (unpaired) electrons. The van der Waals surface area contributed by atoms with Crippen LogP contribution in [0.15, 0.2) is 24.3 Å². The van der Waals surface area contributed by atoms with Crippen molar-refractivity contribution < 1.29 is 4.92 Å².